The largest absolute Gasteiger partial charge is 0.501 e. The zero-order chi connectivity index (χ0) is 38.5. The van der Waals surface area contributed by atoms with Gasteiger partial charge in [0.25, 0.3) is 0 Å². The van der Waals surface area contributed by atoms with Crippen LogP contribution in [0.1, 0.15) is 64.1 Å². The molecule has 3 aromatic heterocycles. The molecule has 0 aliphatic heterocycles. The number of rotatable bonds is 5. The Balaban J connectivity index is 0.000000230. The van der Waals surface area contributed by atoms with Crippen LogP contribution in [0.25, 0.3) is 55.2 Å². The van der Waals surface area contributed by atoms with Crippen molar-refractivity contribution in [3.8, 4) is 22.5 Å². The Kier molecular flexibility index (Phi) is 8.89. The van der Waals surface area contributed by atoms with Crippen LogP contribution in [-0.4, -0.2) is 18.0 Å². The predicted molar refractivity (Wildman–Crippen MR) is 207 cm³/mol. The molecule has 0 saturated carbocycles. The smallest absolute Gasteiger partial charge is 0.121 e. The Bertz CT molecular complexity index is 2440. The number of benzene rings is 4. The molecule has 0 amide bonds. The van der Waals surface area contributed by atoms with Gasteiger partial charge in [0.2, 0.25) is 0 Å². The summed E-state index contributed by atoms with van der Waals surface area (Å²) >= 11 is 0. The second-order valence-corrected chi connectivity index (χ2v) is 20.0. The summed E-state index contributed by atoms with van der Waals surface area (Å²) in [6.45, 7) is 14.5. The van der Waals surface area contributed by atoms with E-state index in [0.29, 0.717) is 28.8 Å². The van der Waals surface area contributed by atoms with Crippen molar-refractivity contribution in [3.63, 3.8) is 0 Å². The molecule has 0 fully saturated rings. The van der Waals surface area contributed by atoms with Gasteiger partial charge in [-0.15, -0.1) is 54.1 Å². The van der Waals surface area contributed by atoms with E-state index in [9.17, 15) is 0 Å². The van der Waals surface area contributed by atoms with Crippen LogP contribution in [0.5, 0.6) is 0 Å². The van der Waals surface area contributed by atoms with Crippen molar-refractivity contribution in [2.45, 2.75) is 73.4 Å². The molecule has 3 heterocycles. The number of pyridine rings is 2. The average molecular weight is 844 g/mol. The maximum Gasteiger partial charge on any atom is 0.121 e. The van der Waals surface area contributed by atoms with Crippen molar-refractivity contribution in [3.05, 3.63) is 126 Å². The number of fused-ring (bicyclic) bond motifs is 4. The summed E-state index contributed by atoms with van der Waals surface area (Å²) in [4.78, 5) is 9.00. The van der Waals surface area contributed by atoms with Crippen molar-refractivity contribution in [1.29, 1.82) is 0 Å². The third-order valence-corrected chi connectivity index (χ3v) is 10.4. The summed E-state index contributed by atoms with van der Waals surface area (Å²) in [5.74, 6) is -0.609. The zero-order valence-corrected chi connectivity index (χ0v) is 32.9. The SMILES string of the molecule is [2H]C(C)(C)c1cc(-c2[c-]cccc2)ncc1[Si](C)(C)C.[2H]c1nc(-c2[c-]ccc3c2oc2cc4ccccc4cc23)cc(CC(C)(C)C)c1C([2H])([2H])[2H].[Ir]. The maximum absolute atomic E-state index is 8.46. The molecule has 253 valence electrons. The van der Waals surface area contributed by atoms with Crippen LogP contribution in [0, 0.1) is 24.4 Å². The van der Waals surface area contributed by atoms with Crippen LogP contribution in [0.2, 0.25) is 19.6 Å². The van der Waals surface area contributed by atoms with Crippen LogP contribution in [0.3, 0.4) is 0 Å². The van der Waals surface area contributed by atoms with Gasteiger partial charge in [0, 0.05) is 43.3 Å². The topological polar surface area (TPSA) is 38.9 Å². The van der Waals surface area contributed by atoms with Gasteiger partial charge in [0.15, 0.2) is 0 Å². The van der Waals surface area contributed by atoms with Gasteiger partial charge in [-0.1, -0.05) is 113 Å². The molecule has 0 aliphatic carbocycles. The molecule has 0 atom stereocenters. The summed E-state index contributed by atoms with van der Waals surface area (Å²) in [5, 5.41) is 5.44. The molecule has 3 nitrogen and oxygen atoms in total. The number of furan rings is 1. The normalized spacial score (nSPS) is 13.8. The van der Waals surface area contributed by atoms with E-state index < -0.39 is 20.8 Å². The Labute approximate surface area is 313 Å². The van der Waals surface area contributed by atoms with Gasteiger partial charge in [0.05, 0.1) is 15.0 Å². The molecular weight excluding hydrogens is 793 g/mol. The summed E-state index contributed by atoms with van der Waals surface area (Å²) in [6.07, 6.45) is 2.27. The number of aromatic nitrogens is 2. The molecule has 49 heavy (non-hydrogen) atoms. The third-order valence-electron chi connectivity index (χ3n) is 8.43. The first-order chi connectivity index (χ1) is 24.7. The van der Waals surface area contributed by atoms with E-state index in [1.54, 1.807) is 6.07 Å². The standard InChI is InChI=1S/C27H24NO.C17H22NSi.Ir/c1-17-16-28-24(13-20(17)15-27(2,3)4)22-11-7-10-21-23-12-18-8-5-6-9-19(18)14-25(23)29-26(21)22;1-13(2)15-11-16(14-9-7-6-8-10-14)18-12-17(15)19(3,4)5;/h5-10,12-14,16H,15H2,1-4H3;6-9,11-13H,1-5H3;/q2*-1;/i1D3,16D;13D;. The van der Waals surface area contributed by atoms with Crippen molar-refractivity contribution in [2.75, 3.05) is 0 Å². The summed E-state index contributed by atoms with van der Waals surface area (Å²) < 4.78 is 47.1. The summed E-state index contributed by atoms with van der Waals surface area (Å²) in [7, 11) is -1.50. The monoisotopic (exact) mass is 844 g/mol. The van der Waals surface area contributed by atoms with Crippen LogP contribution < -0.4 is 5.19 Å². The molecule has 0 N–H and O–H groups in total. The van der Waals surface area contributed by atoms with E-state index in [1.165, 1.54) is 5.19 Å². The van der Waals surface area contributed by atoms with Crippen molar-refractivity contribution in [1.82, 2.24) is 9.97 Å². The molecule has 0 aliphatic rings. The molecule has 7 rings (SSSR count). The Hall–Kier alpha value is -3.89. The van der Waals surface area contributed by atoms with Gasteiger partial charge in [-0.2, -0.15) is 0 Å². The minimum atomic E-state index is -2.40. The number of hydrogen-bond acceptors (Lipinski definition) is 3. The molecule has 7 aromatic rings. The van der Waals surface area contributed by atoms with Crippen molar-refractivity contribution >= 4 is 46.0 Å². The minimum absolute atomic E-state index is 0. The van der Waals surface area contributed by atoms with Crippen molar-refractivity contribution < 1.29 is 31.4 Å². The quantitative estimate of drug-likeness (QED) is 0.128. The van der Waals surface area contributed by atoms with Crippen molar-refractivity contribution in [2.24, 2.45) is 5.41 Å². The van der Waals surface area contributed by atoms with Crippen LogP contribution in [-0.2, 0) is 26.5 Å². The zero-order valence-electron chi connectivity index (χ0n) is 34.5. The van der Waals surface area contributed by atoms with E-state index in [4.69, 9.17) is 11.3 Å². The van der Waals surface area contributed by atoms with Gasteiger partial charge in [-0.3, -0.25) is 0 Å². The second-order valence-electron chi connectivity index (χ2n) is 14.9. The van der Waals surface area contributed by atoms with Gasteiger partial charge >= 0.3 is 0 Å². The maximum atomic E-state index is 8.46. The summed E-state index contributed by atoms with van der Waals surface area (Å²) in [6, 6.07) is 34.2. The summed E-state index contributed by atoms with van der Waals surface area (Å²) in [5.41, 5.74) is 6.01. The van der Waals surface area contributed by atoms with Crippen LogP contribution >= 0.6 is 0 Å². The predicted octanol–water partition coefficient (Wildman–Crippen LogP) is 11.7. The van der Waals surface area contributed by atoms with E-state index in [2.05, 4.69) is 86.8 Å². The molecule has 5 heteroatoms. The van der Waals surface area contributed by atoms with E-state index in [-0.39, 0.29) is 37.3 Å². The Morgan fingerprint density at radius 2 is 1.61 bits per heavy atom. The number of nitrogens with zero attached hydrogens (tertiary/aromatic N) is 2. The van der Waals surface area contributed by atoms with Gasteiger partial charge in [0.1, 0.15) is 5.58 Å². The number of hydrogen-bond donors (Lipinski definition) is 0. The first-order valence-corrected chi connectivity index (χ1v) is 20.0. The Morgan fingerprint density at radius 3 is 2.27 bits per heavy atom. The third kappa shape index (κ3) is 8.12. The van der Waals surface area contributed by atoms with Gasteiger partial charge in [-0.05, 0) is 69.6 Å². The second kappa shape index (κ2) is 14.5. The first-order valence-electron chi connectivity index (χ1n) is 19.0. The molecule has 4 aromatic carbocycles. The molecule has 0 spiro atoms. The fraction of sp³-hybridized carbons (Fsp3) is 0.273. The molecular formula is C44H46IrN2OSi-2. The molecule has 0 saturated heterocycles. The van der Waals surface area contributed by atoms with Crippen LogP contribution in [0.4, 0.5) is 0 Å². The van der Waals surface area contributed by atoms with Crippen LogP contribution in [0.15, 0.2) is 102 Å². The Morgan fingerprint density at radius 1 is 0.878 bits per heavy atom. The minimum Gasteiger partial charge on any atom is -0.501 e. The molecule has 1 radical (unpaired) electrons. The van der Waals surface area contributed by atoms with Gasteiger partial charge in [-0.25, -0.2) is 0 Å². The van der Waals surface area contributed by atoms with E-state index in [0.717, 1.165) is 43.9 Å². The fourth-order valence-electron chi connectivity index (χ4n) is 6.08. The molecule has 0 unspecified atom stereocenters. The van der Waals surface area contributed by atoms with Gasteiger partial charge < -0.3 is 14.4 Å². The first kappa shape index (κ1) is 30.0. The van der Waals surface area contributed by atoms with E-state index >= 15 is 0 Å². The molecule has 0 bridgehead atoms. The van der Waals surface area contributed by atoms with E-state index in [1.807, 2.05) is 74.6 Å². The fourth-order valence-corrected chi connectivity index (χ4v) is 7.66. The average Bonchev–Trinajstić information content (AvgIpc) is 3.43.